The molecule has 0 heterocycles. The molecular weight excluding hydrogens is 404 g/mol. The predicted octanol–water partition coefficient (Wildman–Crippen LogP) is 7.46. The van der Waals surface area contributed by atoms with Crippen molar-refractivity contribution in [2.45, 2.75) is 102 Å². The van der Waals surface area contributed by atoms with Crippen molar-refractivity contribution >= 4 is 0 Å². The summed E-state index contributed by atoms with van der Waals surface area (Å²) in [5.74, 6) is 1.77. The first kappa shape index (κ1) is 24.5. The second-order valence-electron chi connectivity index (χ2n) is 10.9. The molecule has 2 N–H and O–H groups in total. The van der Waals surface area contributed by atoms with Crippen LogP contribution < -0.4 is 0 Å². The summed E-state index contributed by atoms with van der Waals surface area (Å²) in [6.45, 7) is 4.73. The standard InChI is InChI=1S/C31H44O2/c1-3-5-20-31(4-2,25-16-18-29(32)27(21-25)23-12-8-6-9-13-23)26-17-19-30(33)28(22-26)24-14-10-7-11-15-24/h6-15,25-30,32-33H,3-5,16-22H2,1-2H3. The van der Waals surface area contributed by atoms with Crippen LogP contribution in [0.4, 0.5) is 0 Å². The second kappa shape index (κ2) is 11.2. The molecule has 2 aromatic carbocycles. The van der Waals surface area contributed by atoms with Gasteiger partial charge in [-0.25, -0.2) is 0 Å². The Morgan fingerprint density at radius 3 is 1.55 bits per heavy atom. The van der Waals surface area contributed by atoms with Gasteiger partial charge in [0.2, 0.25) is 0 Å². The van der Waals surface area contributed by atoms with E-state index in [1.807, 2.05) is 0 Å². The van der Waals surface area contributed by atoms with Gasteiger partial charge in [-0.2, -0.15) is 0 Å². The minimum atomic E-state index is -0.227. The van der Waals surface area contributed by atoms with Gasteiger partial charge in [-0.3, -0.25) is 0 Å². The number of aliphatic hydroxyl groups excluding tert-OH is 2. The van der Waals surface area contributed by atoms with Crippen LogP contribution in [0.5, 0.6) is 0 Å². The summed E-state index contributed by atoms with van der Waals surface area (Å²) in [5, 5.41) is 21.9. The molecule has 0 spiro atoms. The molecule has 2 aliphatic carbocycles. The molecule has 33 heavy (non-hydrogen) atoms. The zero-order valence-electron chi connectivity index (χ0n) is 20.7. The third-order valence-electron chi connectivity index (χ3n) is 9.36. The van der Waals surface area contributed by atoms with E-state index in [4.69, 9.17) is 0 Å². The lowest BCUT2D eigenvalue weighted by Gasteiger charge is -2.53. The van der Waals surface area contributed by atoms with Crippen molar-refractivity contribution < 1.29 is 10.2 Å². The Morgan fingerprint density at radius 1 is 0.697 bits per heavy atom. The van der Waals surface area contributed by atoms with Gasteiger partial charge < -0.3 is 10.2 Å². The molecule has 2 heteroatoms. The summed E-state index contributed by atoms with van der Waals surface area (Å²) in [4.78, 5) is 0. The first-order valence-electron chi connectivity index (χ1n) is 13.5. The quantitative estimate of drug-likeness (QED) is 0.440. The lowest BCUT2D eigenvalue weighted by atomic mass is 9.53. The Morgan fingerprint density at radius 2 is 1.15 bits per heavy atom. The summed E-state index contributed by atoms with van der Waals surface area (Å²) in [7, 11) is 0. The minimum absolute atomic E-state index is 0.227. The zero-order valence-corrected chi connectivity index (χ0v) is 20.7. The van der Waals surface area contributed by atoms with Crippen molar-refractivity contribution in [3.8, 4) is 0 Å². The fourth-order valence-corrected chi connectivity index (χ4v) is 7.47. The molecule has 2 nitrogen and oxygen atoms in total. The lowest BCUT2D eigenvalue weighted by molar-refractivity contribution is -0.0435. The Hall–Kier alpha value is -1.64. The maximum Gasteiger partial charge on any atom is 0.0608 e. The predicted molar refractivity (Wildman–Crippen MR) is 137 cm³/mol. The van der Waals surface area contributed by atoms with Crippen LogP contribution in [0.2, 0.25) is 0 Å². The van der Waals surface area contributed by atoms with Gasteiger partial charge in [-0.05, 0) is 79.7 Å². The van der Waals surface area contributed by atoms with Crippen LogP contribution in [0.3, 0.4) is 0 Å². The molecule has 2 aliphatic rings. The van der Waals surface area contributed by atoms with E-state index in [1.54, 1.807) is 0 Å². The van der Waals surface area contributed by atoms with Crippen molar-refractivity contribution in [2.24, 2.45) is 17.3 Å². The van der Waals surface area contributed by atoms with E-state index in [0.29, 0.717) is 17.3 Å². The molecule has 0 aromatic heterocycles. The first-order valence-corrected chi connectivity index (χ1v) is 13.5. The molecule has 180 valence electrons. The highest BCUT2D eigenvalue weighted by Gasteiger charge is 2.48. The van der Waals surface area contributed by atoms with Crippen LogP contribution in [0.1, 0.15) is 101 Å². The number of benzene rings is 2. The van der Waals surface area contributed by atoms with E-state index in [1.165, 1.54) is 36.8 Å². The van der Waals surface area contributed by atoms with Crippen LogP contribution in [-0.4, -0.2) is 22.4 Å². The van der Waals surface area contributed by atoms with E-state index in [-0.39, 0.29) is 24.0 Å². The van der Waals surface area contributed by atoms with Gasteiger partial charge in [0.1, 0.15) is 0 Å². The molecule has 0 saturated heterocycles. The van der Waals surface area contributed by atoms with Gasteiger partial charge in [-0.1, -0.05) is 87.4 Å². The van der Waals surface area contributed by atoms with E-state index in [9.17, 15) is 10.2 Å². The smallest absolute Gasteiger partial charge is 0.0608 e. The summed E-state index contributed by atoms with van der Waals surface area (Å²) in [6, 6.07) is 21.4. The van der Waals surface area contributed by atoms with Gasteiger partial charge in [0.25, 0.3) is 0 Å². The molecule has 6 unspecified atom stereocenters. The maximum atomic E-state index is 11.0. The molecule has 2 aromatic rings. The summed E-state index contributed by atoms with van der Waals surface area (Å²) >= 11 is 0. The molecule has 2 fully saturated rings. The Kier molecular flexibility index (Phi) is 8.30. The molecule has 6 atom stereocenters. The Labute approximate surface area is 201 Å². The topological polar surface area (TPSA) is 40.5 Å². The second-order valence-corrected chi connectivity index (χ2v) is 10.9. The number of aliphatic hydroxyl groups is 2. The summed E-state index contributed by atoms with van der Waals surface area (Å²) < 4.78 is 0. The molecule has 0 aliphatic heterocycles. The average Bonchev–Trinajstić information content (AvgIpc) is 2.87. The van der Waals surface area contributed by atoms with Crippen molar-refractivity contribution in [2.75, 3.05) is 0 Å². The van der Waals surface area contributed by atoms with Gasteiger partial charge in [-0.15, -0.1) is 0 Å². The third kappa shape index (κ3) is 5.23. The minimum Gasteiger partial charge on any atom is -0.392 e. The van der Waals surface area contributed by atoms with Gasteiger partial charge in [0.15, 0.2) is 0 Å². The van der Waals surface area contributed by atoms with Gasteiger partial charge in [0.05, 0.1) is 12.2 Å². The third-order valence-corrected chi connectivity index (χ3v) is 9.36. The van der Waals surface area contributed by atoms with Crippen LogP contribution in [-0.2, 0) is 0 Å². The average molecular weight is 449 g/mol. The molecule has 0 radical (unpaired) electrons. The lowest BCUT2D eigenvalue weighted by Crippen LogP contribution is -2.45. The van der Waals surface area contributed by atoms with E-state index >= 15 is 0 Å². The van der Waals surface area contributed by atoms with Crippen LogP contribution >= 0.6 is 0 Å². The summed E-state index contributed by atoms with van der Waals surface area (Å²) in [5.41, 5.74) is 2.91. The van der Waals surface area contributed by atoms with Crippen LogP contribution in [0.25, 0.3) is 0 Å². The number of hydrogen-bond acceptors (Lipinski definition) is 2. The first-order chi connectivity index (χ1) is 16.1. The fourth-order valence-electron chi connectivity index (χ4n) is 7.47. The highest BCUT2D eigenvalue weighted by atomic mass is 16.3. The van der Waals surface area contributed by atoms with E-state index < -0.39 is 0 Å². The highest BCUT2D eigenvalue weighted by molar-refractivity contribution is 5.23. The number of rotatable bonds is 8. The normalized spacial score (nSPS) is 32.2. The van der Waals surface area contributed by atoms with Crippen molar-refractivity contribution in [1.82, 2.24) is 0 Å². The van der Waals surface area contributed by atoms with Crippen molar-refractivity contribution in [1.29, 1.82) is 0 Å². The maximum absolute atomic E-state index is 11.0. The van der Waals surface area contributed by atoms with Crippen molar-refractivity contribution in [3.05, 3.63) is 71.8 Å². The molecular formula is C31H44O2. The SMILES string of the molecule is CCCCC(CC)(C1CCC(O)C(c2ccccc2)C1)C1CCC(O)C(c2ccccc2)C1. The van der Waals surface area contributed by atoms with Crippen LogP contribution in [0, 0.1) is 17.3 Å². The highest BCUT2D eigenvalue weighted by Crippen LogP contribution is 2.57. The van der Waals surface area contributed by atoms with Crippen molar-refractivity contribution in [3.63, 3.8) is 0 Å². The zero-order chi connectivity index (χ0) is 23.3. The molecule has 0 bridgehead atoms. The Bertz CT molecular complexity index is 769. The monoisotopic (exact) mass is 448 g/mol. The fraction of sp³-hybridized carbons (Fsp3) is 0.613. The summed E-state index contributed by atoms with van der Waals surface area (Å²) in [6.07, 6.45) is 10.8. The number of hydrogen-bond donors (Lipinski definition) is 2. The molecule has 0 amide bonds. The molecule has 4 rings (SSSR count). The van der Waals surface area contributed by atoms with Gasteiger partial charge in [0, 0.05) is 11.8 Å². The Balaban J connectivity index is 1.63. The number of unbranched alkanes of at least 4 members (excludes halogenated alkanes) is 1. The van der Waals surface area contributed by atoms with Crippen LogP contribution in [0.15, 0.2) is 60.7 Å². The molecule has 2 saturated carbocycles. The van der Waals surface area contributed by atoms with E-state index in [0.717, 1.165) is 38.5 Å². The van der Waals surface area contributed by atoms with Gasteiger partial charge >= 0.3 is 0 Å². The van der Waals surface area contributed by atoms with E-state index in [2.05, 4.69) is 74.5 Å². The largest absolute Gasteiger partial charge is 0.392 e.